The zero-order valence-electron chi connectivity index (χ0n) is 6.59. The van der Waals surface area contributed by atoms with Crippen LogP contribution >= 0.6 is 23.4 Å². The minimum absolute atomic E-state index is 0.715. The third-order valence-electron chi connectivity index (χ3n) is 1.79. The van der Waals surface area contributed by atoms with E-state index < -0.39 is 0 Å². The predicted octanol–water partition coefficient (Wildman–Crippen LogP) is 3.18. The predicted molar refractivity (Wildman–Crippen MR) is 54.7 cm³/mol. The molecule has 12 heavy (non-hydrogen) atoms. The van der Waals surface area contributed by atoms with Gasteiger partial charge in [-0.3, -0.25) is 0 Å². The van der Waals surface area contributed by atoms with Crippen molar-refractivity contribution in [2.45, 2.75) is 23.0 Å². The Bertz CT molecular complexity index is 297. The summed E-state index contributed by atoms with van der Waals surface area (Å²) in [5.74, 6) is 0. The van der Waals surface area contributed by atoms with Crippen molar-refractivity contribution in [3.8, 4) is 0 Å². The van der Waals surface area contributed by atoms with E-state index in [1.54, 1.807) is 0 Å². The van der Waals surface area contributed by atoms with Gasteiger partial charge in [-0.2, -0.15) is 0 Å². The highest BCUT2D eigenvalue weighted by Crippen LogP contribution is 2.41. The Labute approximate surface area is 81.3 Å². The number of hydrogen-bond acceptors (Lipinski definition) is 2. The van der Waals surface area contributed by atoms with Crippen molar-refractivity contribution in [3.63, 3.8) is 0 Å². The molecule has 64 valence electrons. The van der Waals surface area contributed by atoms with Crippen LogP contribution in [0.3, 0.4) is 0 Å². The van der Waals surface area contributed by atoms with E-state index in [0.29, 0.717) is 5.02 Å². The summed E-state index contributed by atoms with van der Waals surface area (Å²) in [6.07, 6.45) is 2.65. The average Bonchev–Trinajstić information content (AvgIpc) is 2.79. The second-order valence-electron chi connectivity index (χ2n) is 3.00. The van der Waals surface area contributed by atoms with Crippen LogP contribution in [0.1, 0.15) is 12.8 Å². The summed E-state index contributed by atoms with van der Waals surface area (Å²) < 4.78 is 0. The fourth-order valence-corrected chi connectivity index (χ4v) is 2.25. The second kappa shape index (κ2) is 3.19. The van der Waals surface area contributed by atoms with Gasteiger partial charge >= 0.3 is 0 Å². The van der Waals surface area contributed by atoms with E-state index in [1.807, 2.05) is 30.0 Å². The molecule has 0 radical (unpaired) electrons. The Morgan fingerprint density at radius 1 is 1.42 bits per heavy atom. The first-order chi connectivity index (χ1) is 5.75. The molecule has 0 atom stereocenters. The third-order valence-corrected chi connectivity index (χ3v) is 3.46. The smallest absolute Gasteiger partial charge is 0.0467 e. The quantitative estimate of drug-likeness (QED) is 0.741. The Morgan fingerprint density at radius 2 is 2.17 bits per heavy atom. The molecule has 0 spiro atoms. The Morgan fingerprint density at radius 3 is 2.75 bits per heavy atom. The molecule has 0 heterocycles. The first-order valence-electron chi connectivity index (χ1n) is 3.97. The maximum Gasteiger partial charge on any atom is 0.0467 e. The molecular weight excluding hydrogens is 190 g/mol. The standard InChI is InChI=1S/C9H10ClNS/c10-6-1-4-9(8(11)5-6)12-7-2-3-7/h1,4-5,7H,2-3,11H2. The van der Waals surface area contributed by atoms with Crippen LogP contribution in [0.15, 0.2) is 23.1 Å². The molecule has 1 fully saturated rings. The Kier molecular flexibility index (Phi) is 2.20. The second-order valence-corrected chi connectivity index (χ2v) is 4.78. The molecule has 2 rings (SSSR count). The molecule has 3 heteroatoms. The number of benzene rings is 1. The van der Waals surface area contributed by atoms with E-state index >= 15 is 0 Å². The molecule has 1 nitrogen and oxygen atoms in total. The maximum atomic E-state index is 5.79. The number of anilines is 1. The highest BCUT2D eigenvalue weighted by Gasteiger charge is 2.23. The Balaban J connectivity index is 2.18. The van der Waals surface area contributed by atoms with E-state index in [4.69, 9.17) is 17.3 Å². The summed E-state index contributed by atoms with van der Waals surface area (Å²) >= 11 is 7.64. The summed E-state index contributed by atoms with van der Waals surface area (Å²) in [4.78, 5) is 1.17. The first kappa shape index (κ1) is 8.27. The Hall–Kier alpha value is -0.340. The van der Waals surface area contributed by atoms with E-state index in [-0.39, 0.29) is 0 Å². The lowest BCUT2D eigenvalue weighted by Gasteiger charge is -2.03. The molecule has 0 bridgehead atoms. The van der Waals surface area contributed by atoms with Crippen LogP contribution in [-0.2, 0) is 0 Å². The van der Waals surface area contributed by atoms with Crippen molar-refractivity contribution in [3.05, 3.63) is 23.2 Å². The fraction of sp³-hybridized carbons (Fsp3) is 0.333. The number of rotatable bonds is 2. The summed E-state index contributed by atoms with van der Waals surface area (Å²) in [5, 5.41) is 1.51. The van der Waals surface area contributed by atoms with Crippen LogP contribution < -0.4 is 5.73 Å². The summed E-state index contributed by atoms with van der Waals surface area (Å²) in [6, 6.07) is 5.70. The molecule has 1 aromatic carbocycles. The number of hydrogen-bond donors (Lipinski definition) is 1. The van der Waals surface area contributed by atoms with Crippen molar-refractivity contribution in [1.29, 1.82) is 0 Å². The molecule has 0 aliphatic heterocycles. The molecule has 2 N–H and O–H groups in total. The SMILES string of the molecule is Nc1cc(Cl)ccc1SC1CC1. The van der Waals surface area contributed by atoms with Crippen molar-refractivity contribution in [2.75, 3.05) is 5.73 Å². The molecule has 1 aromatic rings. The molecule has 0 saturated heterocycles. The number of nitrogen functional groups attached to an aromatic ring is 1. The molecule has 1 aliphatic rings. The van der Waals surface area contributed by atoms with Crippen molar-refractivity contribution in [2.24, 2.45) is 0 Å². The zero-order valence-corrected chi connectivity index (χ0v) is 8.16. The summed E-state index contributed by atoms with van der Waals surface area (Å²) in [7, 11) is 0. The lowest BCUT2D eigenvalue weighted by atomic mass is 10.3. The van der Waals surface area contributed by atoms with E-state index in [1.165, 1.54) is 17.7 Å². The van der Waals surface area contributed by atoms with Gasteiger partial charge in [-0.1, -0.05) is 11.6 Å². The molecule has 1 saturated carbocycles. The molecule has 0 aromatic heterocycles. The van der Waals surface area contributed by atoms with Gasteiger partial charge in [0.2, 0.25) is 0 Å². The largest absolute Gasteiger partial charge is 0.398 e. The van der Waals surface area contributed by atoms with Crippen LogP contribution in [0.25, 0.3) is 0 Å². The van der Waals surface area contributed by atoms with Gasteiger partial charge in [0.15, 0.2) is 0 Å². The lowest BCUT2D eigenvalue weighted by Crippen LogP contribution is -1.88. The molecule has 0 amide bonds. The monoisotopic (exact) mass is 199 g/mol. The van der Waals surface area contributed by atoms with Crippen molar-refractivity contribution in [1.82, 2.24) is 0 Å². The van der Waals surface area contributed by atoms with Crippen molar-refractivity contribution < 1.29 is 0 Å². The van der Waals surface area contributed by atoms with Crippen LogP contribution in [0.4, 0.5) is 5.69 Å². The van der Waals surface area contributed by atoms with Gasteiger partial charge in [0.05, 0.1) is 0 Å². The summed E-state index contributed by atoms with van der Waals surface area (Å²) in [6.45, 7) is 0. The molecule has 1 aliphatic carbocycles. The van der Waals surface area contributed by atoms with Gasteiger partial charge in [-0.15, -0.1) is 11.8 Å². The minimum atomic E-state index is 0.715. The first-order valence-corrected chi connectivity index (χ1v) is 5.23. The van der Waals surface area contributed by atoms with Crippen LogP contribution in [-0.4, -0.2) is 5.25 Å². The normalized spacial score (nSPS) is 16.4. The average molecular weight is 200 g/mol. The van der Waals surface area contributed by atoms with Gasteiger partial charge in [0, 0.05) is 20.9 Å². The van der Waals surface area contributed by atoms with Gasteiger partial charge < -0.3 is 5.73 Å². The fourth-order valence-electron chi connectivity index (χ4n) is 0.992. The van der Waals surface area contributed by atoms with Gasteiger partial charge in [0.25, 0.3) is 0 Å². The minimum Gasteiger partial charge on any atom is -0.398 e. The third kappa shape index (κ3) is 1.87. The van der Waals surface area contributed by atoms with Crippen molar-refractivity contribution >= 4 is 29.1 Å². The number of nitrogens with two attached hydrogens (primary N) is 1. The maximum absolute atomic E-state index is 5.79. The van der Waals surface area contributed by atoms with Crippen LogP contribution in [0.5, 0.6) is 0 Å². The van der Waals surface area contributed by atoms with Gasteiger partial charge in [-0.05, 0) is 31.0 Å². The van der Waals surface area contributed by atoms with Crippen LogP contribution in [0, 0.1) is 0 Å². The lowest BCUT2D eigenvalue weighted by molar-refractivity contribution is 1.42. The highest BCUT2D eigenvalue weighted by molar-refractivity contribution is 8.00. The number of halogens is 1. The zero-order chi connectivity index (χ0) is 8.55. The molecule has 0 unspecified atom stereocenters. The topological polar surface area (TPSA) is 26.0 Å². The van der Waals surface area contributed by atoms with Gasteiger partial charge in [0.1, 0.15) is 0 Å². The number of thioether (sulfide) groups is 1. The molecular formula is C9H10ClNS. The van der Waals surface area contributed by atoms with Gasteiger partial charge in [-0.25, -0.2) is 0 Å². The van der Waals surface area contributed by atoms with E-state index in [0.717, 1.165) is 10.9 Å². The highest BCUT2D eigenvalue weighted by atomic mass is 35.5. The van der Waals surface area contributed by atoms with Crippen LogP contribution in [0.2, 0.25) is 5.02 Å². The van der Waals surface area contributed by atoms with E-state index in [9.17, 15) is 0 Å². The summed E-state index contributed by atoms with van der Waals surface area (Å²) in [5.41, 5.74) is 6.60. The van der Waals surface area contributed by atoms with E-state index in [2.05, 4.69) is 0 Å².